The smallest absolute Gasteiger partial charge is 0.0585 e. The van der Waals surface area contributed by atoms with Gasteiger partial charge in [-0.1, -0.05) is 13.0 Å². The van der Waals surface area contributed by atoms with Gasteiger partial charge in [-0.15, -0.1) is 0 Å². The molecule has 16 heavy (non-hydrogen) atoms. The molecule has 0 radical (unpaired) electrons. The molecule has 3 rings (SSSR count). The molecule has 2 unspecified atom stereocenters. The van der Waals surface area contributed by atoms with Crippen LogP contribution in [0.25, 0.3) is 11.6 Å². The lowest BCUT2D eigenvalue weighted by Crippen LogP contribution is -2.33. The van der Waals surface area contributed by atoms with Crippen LogP contribution in [0.4, 0.5) is 0 Å². The Hall–Kier alpha value is -1.02. The molecule has 0 saturated carbocycles. The molecular formula is C14H19NO. The fraction of sp³-hybridized carbons (Fsp3) is 0.571. The average Bonchev–Trinajstić information content (AvgIpc) is 2.62. The van der Waals surface area contributed by atoms with Crippen LogP contribution >= 0.6 is 0 Å². The van der Waals surface area contributed by atoms with Gasteiger partial charge in [0.15, 0.2) is 0 Å². The maximum atomic E-state index is 9.76. The zero-order valence-electron chi connectivity index (χ0n) is 10.0. The van der Waals surface area contributed by atoms with Crippen molar-refractivity contribution in [3.05, 3.63) is 21.8 Å². The number of hydrogen-bond acceptors (Lipinski definition) is 1. The lowest BCUT2D eigenvalue weighted by molar-refractivity contribution is 0.158. The second-order valence-electron chi connectivity index (χ2n) is 5.29. The predicted octanol–water partition coefficient (Wildman–Crippen LogP) is 0.855. The molecule has 0 aromatic carbocycles. The zero-order chi connectivity index (χ0) is 11.3. The molecule has 2 aliphatic rings. The highest BCUT2D eigenvalue weighted by atomic mass is 16.3. The Morgan fingerprint density at radius 2 is 2.25 bits per heavy atom. The molecule has 0 fully saturated rings. The second-order valence-corrected chi connectivity index (χ2v) is 5.29. The molecule has 2 atom stereocenters. The number of aliphatic hydroxyl groups excluding tert-OH is 1. The third-order valence-corrected chi connectivity index (χ3v) is 4.21. The lowest BCUT2D eigenvalue weighted by atomic mass is 9.90. The Morgan fingerprint density at radius 1 is 1.44 bits per heavy atom. The van der Waals surface area contributed by atoms with Gasteiger partial charge in [0.05, 0.1) is 6.10 Å². The summed E-state index contributed by atoms with van der Waals surface area (Å²) in [5.41, 5.74) is 4.21. The Morgan fingerprint density at radius 3 is 3.06 bits per heavy atom. The summed E-state index contributed by atoms with van der Waals surface area (Å²) in [7, 11) is 0. The normalized spacial score (nSPS) is 28.3. The van der Waals surface area contributed by atoms with E-state index in [1.807, 2.05) is 0 Å². The van der Waals surface area contributed by atoms with Gasteiger partial charge in [-0.25, -0.2) is 0 Å². The molecule has 0 amide bonds. The standard InChI is InChI=1S/C14H19NO/c1-8-3-5-11-12-7-10(16)4-6-13(12)15-14(11)9(8)2/h5,8,10,15-16H,3-4,6-7H2,1-2H3. The molecule has 1 aromatic rings. The van der Waals surface area contributed by atoms with Crippen LogP contribution in [0, 0.1) is 5.92 Å². The molecule has 2 nitrogen and oxygen atoms in total. The molecular weight excluding hydrogens is 198 g/mol. The summed E-state index contributed by atoms with van der Waals surface area (Å²) in [5.74, 6) is 0.650. The first-order valence-electron chi connectivity index (χ1n) is 6.25. The number of fused-ring (bicyclic) bond motifs is 3. The van der Waals surface area contributed by atoms with Crippen LogP contribution < -0.4 is 10.6 Å². The van der Waals surface area contributed by atoms with E-state index in [0.29, 0.717) is 5.92 Å². The molecule has 1 heterocycles. The Labute approximate surface area is 95.7 Å². The number of hydrogen-bond donors (Lipinski definition) is 2. The van der Waals surface area contributed by atoms with Crippen molar-refractivity contribution in [2.75, 3.05) is 0 Å². The van der Waals surface area contributed by atoms with E-state index >= 15 is 0 Å². The molecule has 0 spiro atoms. The summed E-state index contributed by atoms with van der Waals surface area (Å²) in [4.78, 5) is 3.58. The Bertz CT molecular complexity index is 538. The van der Waals surface area contributed by atoms with Crippen molar-refractivity contribution in [1.82, 2.24) is 4.98 Å². The molecule has 0 aliphatic heterocycles. The van der Waals surface area contributed by atoms with Gasteiger partial charge >= 0.3 is 0 Å². The van der Waals surface area contributed by atoms with Gasteiger partial charge in [0.2, 0.25) is 0 Å². The largest absolute Gasteiger partial charge is 0.393 e. The molecule has 86 valence electrons. The fourth-order valence-electron chi connectivity index (χ4n) is 2.96. The minimum Gasteiger partial charge on any atom is -0.393 e. The minimum absolute atomic E-state index is 0.138. The van der Waals surface area contributed by atoms with Crippen LogP contribution in [-0.2, 0) is 12.8 Å². The predicted molar refractivity (Wildman–Crippen MR) is 65.4 cm³/mol. The highest BCUT2D eigenvalue weighted by Crippen LogP contribution is 2.20. The van der Waals surface area contributed by atoms with E-state index in [2.05, 4.69) is 24.9 Å². The first kappa shape index (κ1) is 10.2. The van der Waals surface area contributed by atoms with Gasteiger partial charge in [0, 0.05) is 17.5 Å². The van der Waals surface area contributed by atoms with Gasteiger partial charge in [-0.3, -0.25) is 0 Å². The van der Waals surface area contributed by atoms with Crippen LogP contribution in [-0.4, -0.2) is 16.2 Å². The van der Waals surface area contributed by atoms with Gasteiger partial charge in [0.25, 0.3) is 0 Å². The van der Waals surface area contributed by atoms with E-state index in [1.165, 1.54) is 27.4 Å². The number of H-pyrrole nitrogens is 1. The van der Waals surface area contributed by atoms with E-state index in [-0.39, 0.29) is 6.10 Å². The molecule has 1 aromatic heterocycles. The van der Waals surface area contributed by atoms with Gasteiger partial charge < -0.3 is 10.1 Å². The van der Waals surface area contributed by atoms with Gasteiger partial charge in [0.1, 0.15) is 0 Å². The Balaban J connectivity index is 2.27. The average molecular weight is 217 g/mol. The van der Waals surface area contributed by atoms with Crippen LogP contribution in [0.2, 0.25) is 0 Å². The summed E-state index contributed by atoms with van der Waals surface area (Å²) < 4.78 is 0. The molecule has 0 bridgehead atoms. The van der Waals surface area contributed by atoms with Crippen molar-refractivity contribution in [2.45, 2.75) is 45.6 Å². The third kappa shape index (κ3) is 1.36. The maximum absolute atomic E-state index is 9.76. The number of nitrogens with one attached hydrogen (secondary N) is 1. The van der Waals surface area contributed by atoms with E-state index in [0.717, 1.165) is 25.7 Å². The molecule has 2 aliphatic carbocycles. The molecule has 2 N–H and O–H groups in total. The quantitative estimate of drug-likeness (QED) is 0.664. The van der Waals surface area contributed by atoms with Crippen molar-refractivity contribution in [2.24, 2.45) is 5.92 Å². The number of aromatic nitrogens is 1. The van der Waals surface area contributed by atoms with Gasteiger partial charge in [-0.05, 0) is 48.5 Å². The lowest BCUT2D eigenvalue weighted by Gasteiger charge is -2.17. The topological polar surface area (TPSA) is 36.0 Å². The minimum atomic E-state index is -0.138. The monoisotopic (exact) mass is 217 g/mol. The highest BCUT2D eigenvalue weighted by molar-refractivity contribution is 5.52. The highest BCUT2D eigenvalue weighted by Gasteiger charge is 2.22. The van der Waals surface area contributed by atoms with Crippen molar-refractivity contribution >= 4 is 11.6 Å². The van der Waals surface area contributed by atoms with Gasteiger partial charge in [-0.2, -0.15) is 0 Å². The number of aliphatic hydroxyl groups is 1. The first-order chi connectivity index (χ1) is 7.66. The van der Waals surface area contributed by atoms with E-state index < -0.39 is 0 Å². The van der Waals surface area contributed by atoms with Crippen LogP contribution in [0.3, 0.4) is 0 Å². The van der Waals surface area contributed by atoms with Crippen LogP contribution in [0.5, 0.6) is 0 Å². The number of aryl methyl sites for hydroxylation is 1. The second kappa shape index (κ2) is 3.49. The van der Waals surface area contributed by atoms with E-state index in [1.54, 1.807) is 0 Å². The van der Waals surface area contributed by atoms with Crippen molar-refractivity contribution in [3.63, 3.8) is 0 Å². The summed E-state index contributed by atoms with van der Waals surface area (Å²) >= 11 is 0. The molecule has 2 heteroatoms. The number of aromatic amines is 1. The maximum Gasteiger partial charge on any atom is 0.0585 e. The molecule has 0 saturated heterocycles. The van der Waals surface area contributed by atoms with E-state index in [9.17, 15) is 5.11 Å². The summed E-state index contributed by atoms with van der Waals surface area (Å²) in [6.45, 7) is 4.51. The Kier molecular flexibility index (Phi) is 2.21. The third-order valence-electron chi connectivity index (χ3n) is 4.21. The SMILES string of the molecule is CC1=c2[nH]c3c(c2=CCC1C)CC(O)CC3. The first-order valence-corrected chi connectivity index (χ1v) is 6.25. The van der Waals surface area contributed by atoms with E-state index in [4.69, 9.17) is 0 Å². The van der Waals surface area contributed by atoms with Crippen molar-refractivity contribution in [1.29, 1.82) is 0 Å². The van der Waals surface area contributed by atoms with Crippen molar-refractivity contribution < 1.29 is 5.11 Å². The zero-order valence-corrected chi connectivity index (χ0v) is 10.0. The van der Waals surface area contributed by atoms with Crippen LogP contribution in [0.15, 0.2) is 0 Å². The van der Waals surface area contributed by atoms with Crippen molar-refractivity contribution in [3.8, 4) is 0 Å². The summed E-state index contributed by atoms with van der Waals surface area (Å²) in [5, 5.41) is 12.5. The fourth-order valence-corrected chi connectivity index (χ4v) is 2.96. The number of rotatable bonds is 0. The van der Waals surface area contributed by atoms with Crippen LogP contribution in [0.1, 0.15) is 37.9 Å². The summed E-state index contributed by atoms with van der Waals surface area (Å²) in [6.07, 6.45) is 6.08. The summed E-state index contributed by atoms with van der Waals surface area (Å²) in [6, 6.07) is 0.